The number of benzene rings is 4. The summed E-state index contributed by atoms with van der Waals surface area (Å²) in [7, 11) is 0. The van der Waals surface area contributed by atoms with Crippen LogP contribution in [-0.2, 0) is 32.4 Å². The Bertz CT molecular complexity index is 983. The molecule has 4 heteroatoms. The van der Waals surface area contributed by atoms with Gasteiger partial charge in [0.15, 0.2) is 0 Å². The molecule has 0 fully saturated rings. The molecule has 0 unspecified atom stereocenters. The van der Waals surface area contributed by atoms with Crippen LogP contribution < -0.4 is 14.8 Å². The topological polar surface area (TPSA) is 30.5 Å². The number of thioether (sulfide) groups is 1. The van der Waals surface area contributed by atoms with Crippen LogP contribution in [0.3, 0.4) is 0 Å². The van der Waals surface area contributed by atoms with Crippen LogP contribution in [0.15, 0.2) is 102 Å². The zero-order valence-corrected chi connectivity index (χ0v) is 29.4. The molecule has 0 amide bonds. The van der Waals surface area contributed by atoms with Crippen molar-refractivity contribution in [1.82, 2.24) is 5.32 Å². The molecule has 8 rings (SSSR count). The predicted octanol–water partition coefficient (Wildman–Crippen LogP) is 11.0. The summed E-state index contributed by atoms with van der Waals surface area (Å²) in [4.78, 5) is 1.48. The van der Waals surface area contributed by atoms with Gasteiger partial charge in [-0.05, 0) is 52.4 Å². The van der Waals surface area contributed by atoms with Crippen LogP contribution in [-0.4, -0.2) is 19.0 Å². The molecule has 44 heavy (non-hydrogen) atoms. The lowest BCUT2D eigenvalue weighted by atomic mass is 10.1. The molecule has 0 aliphatic carbocycles. The van der Waals surface area contributed by atoms with Gasteiger partial charge in [0.1, 0.15) is 11.5 Å². The summed E-state index contributed by atoms with van der Waals surface area (Å²) in [6.07, 6.45) is 3.42. The molecule has 0 bridgehead atoms. The van der Waals surface area contributed by atoms with E-state index in [1.807, 2.05) is 104 Å². The summed E-state index contributed by atoms with van der Waals surface area (Å²) < 4.78 is 10.6. The van der Waals surface area contributed by atoms with Gasteiger partial charge in [0.05, 0.1) is 13.2 Å². The first-order valence-electron chi connectivity index (χ1n) is 16.8. The summed E-state index contributed by atoms with van der Waals surface area (Å²) in [6, 6.07) is 33.5. The zero-order valence-electron chi connectivity index (χ0n) is 28.6. The van der Waals surface area contributed by atoms with Crippen molar-refractivity contribution in [3.8, 4) is 11.5 Å². The Hall–Kier alpha value is -3.21. The van der Waals surface area contributed by atoms with Gasteiger partial charge in [-0.15, -0.1) is 11.8 Å². The van der Waals surface area contributed by atoms with Gasteiger partial charge >= 0.3 is 0 Å². The van der Waals surface area contributed by atoms with Crippen LogP contribution in [0.5, 0.6) is 11.5 Å². The van der Waals surface area contributed by atoms with E-state index in [1.165, 1.54) is 44.9 Å². The van der Waals surface area contributed by atoms with Crippen LogP contribution in [0.1, 0.15) is 83.2 Å². The highest BCUT2D eigenvalue weighted by Gasteiger charge is 2.10. The number of rotatable bonds is 0. The third-order valence-electron chi connectivity index (χ3n) is 6.55. The summed E-state index contributed by atoms with van der Waals surface area (Å²) >= 11 is 1.97. The lowest BCUT2D eigenvalue weighted by molar-refractivity contribution is 0.356. The van der Waals surface area contributed by atoms with Crippen molar-refractivity contribution in [1.29, 1.82) is 0 Å². The fourth-order valence-electron chi connectivity index (χ4n) is 4.60. The van der Waals surface area contributed by atoms with Gasteiger partial charge in [0.2, 0.25) is 0 Å². The number of fused-ring (bicyclic) bond motifs is 4. The van der Waals surface area contributed by atoms with E-state index in [4.69, 9.17) is 9.47 Å². The van der Waals surface area contributed by atoms with Gasteiger partial charge in [-0.2, -0.15) is 0 Å². The van der Waals surface area contributed by atoms with Gasteiger partial charge in [-0.25, -0.2) is 0 Å². The average molecular weight is 616 g/mol. The maximum atomic E-state index is 5.30. The van der Waals surface area contributed by atoms with E-state index >= 15 is 0 Å². The first-order chi connectivity index (χ1) is 21.9. The highest BCUT2D eigenvalue weighted by Crippen LogP contribution is 2.30. The minimum absolute atomic E-state index is 0.860. The molecule has 4 aromatic carbocycles. The van der Waals surface area contributed by atoms with Gasteiger partial charge in [-0.1, -0.05) is 134 Å². The van der Waals surface area contributed by atoms with Gasteiger partial charge in [0.25, 0.3) is 0 Å². The van der Waals surface area contributed by atoms with Crippen LogP contribution in [0.2, 0.25) is 0 Å². The van der Waals surface area contributed by atoms with Gasteiger partial charge in [-0.3, -0.25) is 0 Å². The first kappa shape index (κ1) is 38.8. The van der Waals surface area contributed by atoms with Crippen LogP contribution >= 0.6 is 11.8 Å². The number of hydrogen-bond acceptors (Lipinski definition) is 4. The molecule has 0 atom stereocenters. The Balaban J connectivity index is 0.000000272. The summed E-state index contributed by atoms with van der Waals surface area (Å²) in [6.45, 7) is 19.8. The maximum absolute atomic E-state index is 5.30. The van der Waals surface area contributed by atoms with Gasteiger partial charge < -0.3 is 14.8 Å². The number of para-hydroxylation sites is 2. The summed E-state index contributed by atoms with van der Waals surface area (Å²) in [5.41, 5.74) is 7.13. The Morgan fingerprint density at radius 3 is 1.27 bits per heavy atom. The number of hydrogen-bond donors (Lipinski definition) is 1. The van der Waals surface area contributed by atoms with E-state index < -0.39 is 0 Å². The molecule has 0 radical (unpaired) electrons. The first-order valence-corrected chi connectivity index (χ1v) is 17.7. The molecule has 1 N–H and O–H groups in total. The van der Waals surface area contributed by atoms with Crippen molar-refractivity contribution in [3.05, 3.63) is 125 Å². The van der Waals surface area contributed by atoms with Crippen molar-refractivity contribution in [3.63, 3.8) is 0 Å². The number of nitrogens with one attached hydrogen (secondary N) is 1. The number of ether oxygens (including phenoxy) is 2. The normalized spacial score (nSPS) is 12.9. The molecule has 0 spiro atoms. The predicted molar refractivity (Wildman–Crippen MR) is 195 cm³/mol. The van der Waals surface area contributed by atoms with Crippen molar-refractivity contribution in [2.75, 3.05) is 19.0 Å². The van der Waals surface area contributed by atoms with Gasteiger partial charge in [0, 0.05) is 36.6 Å². The lowest BCUT2D eigenvalue weighted by Gasteiger charge is -1.93. The molecule has 240 valence electrons. The second-order valence-corrected chi connectivity index (χ2v) is 10.1. The smallest absolute Gasteiger partial charge is 0.122 e. The van der Waals surface area contributed by atoms with Crippen molar-refractivity contribution < 1.29 is 9.47 Å². The minimum Gasteiger partial charge on any atom is -0.493 e. The third kappa shape index (κ3) is 13.2. The Morgan fingerprint density at radius 2 is 0.841 bits per heavy atom. The fraction of sp³-hybridized carbons (Fsp3) is 0.400. The van der Waals surface area contributed by atoms with Crippen molar-refractivity contribution in [2.45, 2.75) is 92.6 Å². The molecule has 4 aromatic rings. The average Bonchev–Trinajstić information content (AvgIpc) is 3.96. The molecular formula is C40H57NO2S. The number of aryl methyl sites for hydroxylation is 1. The lowest BCUT2D eigenvalue weighted by Crippen LogP contribution is -1.99. The molecule has 3 nitrogen and oxygen atoms in total. The Kier molecular flexibility index (Phi) is 22.2. The molecule has 4 heterocycles. The standard InChI is InChI=1S/C8H9N.2C8H8O.C8H8S.4C2H6/c1-2-4-8-6-9-5-7(8)3-1;3*1-2-4-8-7(3-1)5-6-9-8;4*1-2/h1-4,9H,5-6H2;3*1-4H,5-6H2;4*1-2H3. The van der Waals surface area contributed by atoms with E-state index in [9.17, 15) is 0 Å². The molecular weight excluding hydrogens is 559 g/mol. The van der Waals surface area contributed by atoms with E-state index in [0.717, 1.165) is 50.6 Å². The van der Waals surface area contributed by atoms with Crippen LogP contribution in [0.25, 0.3) is 0 Å². The van der Waals surface area contributed by atoms with Crippen LogP contribution in [0, 0.1) is 0 Å². The molecule has 0 aromatic heterocycles. The Labute approximate surface area is 273 Å². The van der Waals surface area contributed by atoms with E-state index in [1.54, 1.807) is 0 Å². The van der Waals surface area contributed by atoms with E-state index in [-0.39, 0.29) is 0 Å². The molecule has 0 saturated heterocycles. The molecule has 4 aliphatic rings. The minimum atomic E-state index is 0.860. The third-order valence-corrected chi connectivity index (χ3v) is 7.67. The quantitative estimate of drug-likeness (QED) is 0.213. The Morgan fingerprint density at radius 1 is 0.455 bits per heavy atom. The van der Waals surface area contributed by atoms with Crippen LogP contribution in [0.4, 0.5) is 0 Å². The fourth-order valence-corrected chi connectivity index (χ4v) is 5.67. The van der Waals surface area contributed by atoms with Crippen molar-refractivity contribution >= 4 is 11.8 Å². The second-order valence-electron chi connectivity index (χ2n) is 8.99. The van der Waals surface area contributed by atoms with E-state index in [2.05, 4.69) is 66.0 Å². The molecule has 0 saturated carbocycles. The van der Waals surface area contributed by atoms with E-state index in [0.29, 0.717) is 0 Å². The monoisotopic (exact) mass is 615 g/mol. The SMILES string of the molecule is CC.CC.CC.CC.c1ccc2c(c1)CCO2.c1ccc2c(c1)CCO2.c1ccc2c(c1)CCS2.c1ccc2c(c1)CNC2. The van der Waals surface area contributed by atoms with Crippen molar-refractivity contribution in [2.24, 2.45) is 0 Å². The summed E-state index contributed by atoms with van der Waals surface area (Å²) in [5, 5.41) is 3.29. The summed E-state index contributed by atoms with van der Waals surface area (Å²) in [5.74, 6) is 3.41. The largest absolute Gasteiger partial charge is 0.493 e. The maximum Gasteiger partial charge on any atom is 0.122 e. The molecule has 4 aliphatic heterocycles. The zero-order chi connectivity index (χ0) is 32.4. The highest BCUT2D eigenvalue weighted by atomic mass is 32.2. The highest BCUT2D eigenvalue weighted by molar-refractivity contribution is 7.99. The second kappa shape index (κ2) is 25.2.